The normalized spacial score (nSPS) is 19.1. The summed E-state index contributed by atoms with van der Waals surface area (Å²) in [6.07, 6.45) is 4.71. The van der Waals surface area contributed by atoms with Gasteiger partial charge < -0.3 is 21.3 Å². The summed E-state index contributed by atoms with van der Waals surface area (Å²) in [4.78, 5) is 65.3. The van der Waals surface area contributed by atoms with Crippen molar-refractivity contribution < 1.29 is 24.0 Å². The standard InChI is InChI=1S/C26H37N5O5/c1-3-13-27-25(35)22(18-8-5-4-6-9-18)30-21(32)16-28-26(36)23(33)19(15-17-11-12-17)29-24(34)20-10-7-14-31(20)2/h4-6,8-9,17,19-20,22H,3,7,10-16H2,1-2H3,(H,27,35)(H,28,36)(H,29,34)(H,30,32). The van der Waals surface area contributed by atoms with Crippen molar-refractivity contribution in [1.29, 1.82) is 0 Å². The summed E-state index contributed by atoms with van der Waals surface area (Å²) < 4.78 is 0. The minimum Gasteiger partial charge on any atom is -0.354 e. The van der Waals surface area contributed by atoms with Crippen LogP contribution in [0.15, 0.2) is 30.3 Å². The number of ketones is 1. The summed E-state index contributed by atoms with van der Waals surface area (Å²) in [5, 5.41) is 10.5. The summed E-state index contributed by atoms with van der Waals surface area (Å²) in [5.41, 5.74) is 0.603. The highest BCUT2D eigenvalue weighted by molar-refractivity contribution is 6.38. The van der Waals surface area contributed by atoms with Gasteiger partial charge >= 0.3 is 0 Å². The molecule has 1 aliphatic carbocycles. The molecule has 2 aliphatic rings. The van der Waals surface area contributed by atoms with E-state index in [0.717, 1.165) is 32.2 Å². The summed E-state index contributed by atoms with van der Waals surface area (Å²) in [6.45, 7) is 2.74. The van der Waals surface area contributed by atoms with Gasteiger partial charge in [-0.1, -0.05) is 50.1 Å². The number of amides is 4. The second-order valence-corrected chi connectivity index (χ2v) is 9.63. The van der Waals surface area contributed by atoms with Crippen molar-refractivity contribution in [1.82, 2.24) is 26.2 Å². The van der Waals surface area contributed by atoms with Crippen LogP contribution in [0.2, 0.25) is 0 Å². The van der Waals surface area contributed by atoms with Crippen molar-refractivity contribution in [3.63, 3.8) is 0 Å². The molecule has 1 saturated carbocycles. The van der Waals surface area contributed by atoms with Gasteiger partial charge in [0.1, 0.15) is 6.04 Å². The zero-order valence-corrected chi connectivity index (χ0v) is 21.0. The molecule has 1 saturated heterocycles. The van der Waals surface area contributed by atoms with E-state index in [1.807, 2.05) is 18.9 Å². The molecule has 10 heteroatoms. The number of likely N-dealkylation sites (N-methyl/N-ethyl adjacent to an activating group) is 1. The van der Waals surface area contributed by atoms with Crippen LogP contribution in [0.25, 0.3) is 0 Å². The maximum atomic E-state index is 12.9. The SMILES string of the molecule is CCCNC(=O)C(NC(=O)CNC(=O)C(=O)C(CC1CC1)NC(=O)C1CCCN1C)c1ccccc1. The predicted molar refractivity (Wildman–Crippen MR) is 134 cm³/mol. The third-order valence-corrected chi connectivity index (χ3v) is 6.60. The van der Waals surface area contributed by atoms with Gasteiger partial charge in [-0.15, -0.1) is 0 Å². The van der Waals surface area contributed by atoms with Crippen LogP contribution in [0.4, 0.5) is 0 Å². The molecule has 1 aliphatic heterocycles. The molecular weight excluding hydrogens is 462 g/mol. The highest BCUT2D eigenvalue weighted by Gasteiger charge is 2.36. The van der Waals surface area contributed by atoms with Gasteiger partial charge in [-0.05, 0) is 50.8 Å². The molecule has 0 radical (unpaired) electrons. The van der Waals surface area contributed by atoms with Crippen molar-refractivity contribution >= 4 is 29.4 Å². The molecule has 36 heavy (non-hydrogen) atoms. The number of nitrogens with one attached hydrogen (secondary N) is 4. The fourth-order valence-electron chi connectivity index (χ4n) is 4.34. The van der Waals surface area contributed by atoms with Crippen LogP contribution in [-0.4, -0.2) is 73.1 Å². The van der Waals surface area contributed by atoms with E-state index in [1.165, 1.54) is 0 Å². The molecular formula is C26H37N5O5. The van der Waals surface area contributed by atoms with Gasteiger partial charge in [-0.25, -0.2) is 0 Å². The fourth-order valence-corrected chi connectivity index (χ4v) is 4.34. The number of carbonyl (C=O) groups excluding carboxylic acids is 5. The van der Waals surface area contributed by atoms with Crippen molar-refractivity contribution in [3.05, 3.63) is 35.9 Å². The molecule has 0 spiro atoms. The van der Waals surface area contributed by atoms with E-state index >= 15 is 0 Å². The molecule has 4 N–H and O–H groups in total. The number of carbonyl (C=O) groups is 5. The Kier molecular flexibility index (Phi) is 9.98. The van der Waals surface area contributed by atoms with Gasteiger partial charge in [0, 0.05) is 6.54 Å². The molecule has 3 rings (SSSR count). The fraction of sp³-hybridized carbons (Fsp3) is 0.577. The van der Waals surface area contributed by atoms with Crippen molar-refractivity contribution in [2.24, 2.45) is 5.92 Å². The molecule has 3 atom stereocenters. The lowest BCUT2D eigenvalue weighted by Crippen LogP contribution is -2.53. The zero-order chi connectivity index (χ0) is 26.1. The van der Waals surface area contributed by atoms with Crippen molar-refractivity contribution in [2.45, 2.75) is 63.6 Å². The number of benzene rings is 1. The zero-order valence-electron chi connectivity index (χ0n) is 21.0. The average Bonchev–Trinajstić information content (AvgIpc) is 3.60. The largest absolute Gasteiger partial charge is 0.354 e. The lowest BCUT2D eigenvalue weighted by Gasteiger charge is -2.23. The van der Waals surface area contributed by atoms with Crippen LogP contribution >= 0.6 is 0 Å². The Morgan fingerprint density at radius 3 is 2.33 bits per heavy atom. The highest BCUT2D eigenvalue weighted by atomic mass is 16.2. The first kappa shape index (κ1) is 27.3. The molecule has 10 nitrogen and oxygen atoms in total. The number of hydrogen-bond acceptors (Lipinski definition) is 6. The molecule has 3 unspecified atom stereocenters. The lowest BCUT2D eigenvalue weighted by molar-refractivity contribution is -0.141. The van der Waals surface area contributed by atoms with Gasteiger partial charge in [0.2, 0.25) is 23.5 Å². The van der Waals surface area contributed by atoms with Gasteiger partial charge in [-0.2, -0.15) is 0 Å². The quantitative estimate of drug-likeness (QED) is 0.291. The van der Waals surface area contributed by atoms with Crippen LogP contribution < -0.4 is 21.3 Å². The maximum absolute atomic E-state index is 12.9. The minimum atomic E-state index is -0.928. The Balaban J connectivity index is 1.56. The van der Waals surface area contributed by atoms with E-state index in [2.05, 4.69) is 21.3 Å². The third kappa shape index (κ3) is 7.87. The first-order chi connectivity index (χ1) is 17.3. The Morgan fingerprint density at radius 1 is 1.00 bits per heavy atom. The van der Waals surface area contributed by atoms with Crippen molar-refractivity contribution in [3.8, 4) is 0 Å². The molecule has 1 aromatic rings. The van der Waals surface area contributed by atoms with E-state index in [-0.39, 0.29) is 17.9 Å². The van der Waals surface area contributed by atoms with Gasteiger partial charge in [-0.3, -0.25) is 28.9 Å². The average molecular weight is 500 g/mol. The molecule has 0 bridgehead atoms. The van der Waals surface area contributed by atoms with E-state index in [4.69, 9.17) is 0 Å². The van der Waals surface area contributed by atoms with Crippen LogP contribution in [0.1, 0.15) is 57.1 Å². The molecule has 196 valence electrons. The van der Waals surface area contributed by atoms with E-state index in [1.54, 1.807) is 30.3 Å². The predicted octanol–water partition coefficient (Wildman–Crippen LogP) is 0.435. The van der Waals surface area contributed by atoms with Gasteiger partial charge in [0.25, 0.3) is 5.91 Å². The smallest absolute Gasteiger partial charge is 0.290 e. The van der Waals surface area contributed by atoms with Crippen LogP contribution in [0.5, 0.6) is 0 Å². The maximum Gasteiger partial charge on any atom is 0.290 e. The summed E-state index contributed by atoms with van der Waals surface area (Å²) in [6, 6.07) is 6.64. The van der Waals surface area contributed by atoms with Gasteiger partial charge in [0.05, 0.1) is 18.6 Å². The summed E-state index contributed by atoms with van der Waals surface area (Å²) in [5.74, 6) is -2.59. The topological polar surface area (TPSA) is 137 Å². The minimum absolute atomic E-state index is 0.247. The monoisotopic (exact) mass is 499 g/mol. The molecule has 2 fully saturated rings. The Labute approximate surface area is 211 Å². The number of likely N-dealkylation sites (tertiary alicyclic amines) is 1. The lowest BCUT2D eigenvalue weighted by atomic mass is 10.0. The first-order valence-electron chi connectivity index (χ1n) is 12.7. The Hall–Kier alpha value is -3.27. The molecule has 0 aromatic heterocycles. The van der Waals surface area contributed by atoms with E-state index in [0.29, 0.717) is 30.9 Å². The van der Waals surface area contributed by atoms with Crippen LogP contribution in [-0.2, 0) is 24.0 Å². The van der Waals surface area contributed by atoms with Crippen molar-refractivity contribution in [2.75, 3.05) is 26.7 Å². The van der Waals surface area contributed by atoms with Crippen LogP contribution in [0.3, 0.4) is 0 Å². The summed E-state index contributed by atoms with van der Waals surface area (Å²) in [7, 11) is 1.87. The molecule has 1 aromatic carbocycles. The van der Waals surface area contributed by atoms with Gasteiger partial charge in [0.15, 0.2) is 0 Å². The number of Topliss-reactive ketones (excluding diaryl/α,β-unsaturated/α-hetero) is 1. The number of nitrogens with zero attached hydrogens (tertiary/aromatic N) is 1. The number of rotatable bonds is 13. The molecule has 1 heterocycles. The Morgan fingerprint density at radius 2 is 1.72 bits per heavy atom. The third-order valence-electron chi connectivity index (χ3n) is 6.60. The van der Waals surface area contributed by atoms with E-state index in [9.17, 15) is 24.0 Å². The molecule has 4 amide bonds. The van der Waals surface area contributed by atoms with Crippen LogP contribution in [0, 0.1) is 5.92 Å². The second-order valence-electron chi connectivity index (χ2n) is 9.63. The Bertz CT molecular complexity index is 949. The van der Waals surface area contributed by atoms with E-state index < -0.39 is 36.2 Å². The number of hydrogen-bond donors (Lipinski definition) is 4. The second kappa shape index (κ2) is 13.2. The summed E-state index contributed by atoms with van der Waals surface area (Å²) >= 11 is 0. The first-order valence-corrected chi connectivity index (χ1v) is 12.7. The highest BCUT2D eigenvalue weighted by Crippen LogP contribution is 2.33.